The summed E-state index contributed by atoms with van der Waals surface area (Å²) in [4.78, 5) is 12.0. The summed E-state index contributed by atoms with van der Waals surface area (Å²) >= 11 is 0. The number of carbonyl (C=O) groups excluding carboxylic acids is 1. The Balaban J connectivity index is 2.32. The van der Waals surface area contributed by atoms with Crippen LogP contribution in [0.15, 0.2) is 24.3 Å². The van der Waals surface area contributed by atoms with Gasteiger partial charge in [-0.2, -0.15) is 0 Å². The van der Waals surface area contributed by atoms with E-state index in [1.54, 1.807) is 0 Å². The van der Waals surface area contributed by atoms with Crippen LogP contribution in [0.4, 0.5) is 0 Å². The van der Waals surface area contributed by atoms with Crippen LogP contribution in [-0.4, -0.2) is 5.91 Å². The van der Waals surface area contributed by atoms with Crippen molar-refractivity contribution < 1.29 is 4.79 Å². The molecule has 0 aromatic heterocycles. The highest BCUT2D eigenvalue weighted by atomic mass is 16.2. The van der Waals surface area contributed by atoms with E-state index in [-0.39, 0.29) is 11.8 Å². The zero-order chi connectivity index (χ0) is 12.3. The molecule has 0 saturated heterocycles. The van der Waals surface area contributed by atoms with Crippen LogP contribution >= 0.6 is 0 Å². The minimum atomic E-state index is -0.0799. The predicted molar refractivity (Wildman–Crippen MR) is 68.2 cm³/mol. The van der Waals surface area contributed by atoms with Gasteiger partial charge in [-0.3, -0.25) is 10.2 Å². The third-order valence-corrected chi connectivity index (χ3v) is 3.82. The Kier molecular flexibility index (Phi) is 3.79. The average molecular weight is 232 g/mol. The van der Waals surface area contributed by atoms with Crippen LogP contribution in [0.2, 0.25) is 0 Å². The van der Waals surface area contributed by atoms with Crippen LogP contribution in [0.5, 0.6) is 0 Å². The fourth-order valence-corrected chi connectivity index (χ4v) is 2.93. The number of aryl methyl sites for hydroxylation is 1. The van der Waals surface area contributed by atoms with E-state index in [0.29, 0.717) is 5.92 Å². The maximum Gasteiger partial charge on any atom is 0.241 e. The van der Waals surface area contributed by atoms with Gasteiger partial charge in [0.15, 0.2) is 0 Å². The Labute approximate surface area is 102 Å². The lowest BCUT2D eigenvalue weighted by atomic mass is 9.82. The summed E-state index contributed by atoms with van der Waals surface area (Å²) in [6, 6.07) is 8.10. The predicted octanol–water partition coefficient (Wildman–Crippen LogP) is 2.26. The Bertz CT molecular complexity index is 397. The van der Waals surface area contributed by atoms with E-state index in [4.69, 9.17) is 5.84 Å². The van der Waals surface area contributed by atoms with E-state index in [1.807, 2.05) is 18.2 Å². The molecule has 0 aliphatic heterocycles. The third kappa shape index (κ3) is 2.50. The fourth-order valence-electron chi connectivity index (χ4n) is 2.93. The van der Waals surface area contributed by atoms with Crippen molar-refractivity contribution in [1.29, 1.82) is 0 Å². The molecule has 0 heterocycles. The molecule has 1 aliphatic rings. The highest BCUT2D eigenvalue weighted by Crippen LogP contribution is 2.38. The van der Waals surface area contributed by atoms with E-state index >= 15 is 0 Å². The van der Waals surface area contributed by atoms with Crippen LogP contribution < -0.4 is 11.3 Å². The molecule has 3 heteroatoms. The van der Waals surface area contributed by atoms with E-state index in [0.717, 1.165) is 18.4 Å². The zero-order valence-corrected chi connectivity index (χ0v) is 10.3. The lowest BCUT2D eigenvalue weighted by molar-refractivity contribution is -0.123. The number of hydrazine groups is 1. The normalized spacial score (nSPS) is 18.0. The molecule has 92 valence electrons. The maximum absolute atomic E-state index is 12.0. The number of hydrogen-bond donors (Lipinski definition) is 2. The highest BCUT2D eigenvalue weighted by Gasteiger charge is 2.32. The van der Waals surface area contributed by atoms with E-state index in [1.165, 1.54) is 18.4 Å². The SMILES string of the molecule is Cc1ccccc1C(C(=O)NN)C1CCCC1. The van der Waals surface area contributed by atoms with Gasteiger partial charge < -0.3 is 0 Å². The molecule has 0 bridgehead atoms. The summed E-state index contributed by atoms with van der Waals surface area (Å²) < 4.78 is 0. The topological polar surface area (TPSA) is 55.1 Å². The highest BCUT2D eigenvalue weighted by molar-refractivity contribution is 5.83. The Morgan fingerprint density at radius 2 is 2.00 bits per heavy atom. The van der Waals surface area contributed by atoms with Crippen molar-refractivity contribution in [3.63, 3.8) is 0 Å². The maximum atomic E-state index is 12.0. The molecule has 3 nitrogen and oxygen atoms in total. The second-order valence-electron chi connectivity index (χ2n) is 4.89. The molecule has 0 radical (unpaired) electrons. The Morgan fingerprint density at radius 3 is 2.59 bits per heavy atom. The summed E-state index contributed by atoms with van der Waals surface area (Å²) in [5, 5.41) is 0. The Hall–Kier alpha value is -1.35. The van der Waals surface area contributed by atoms with Gasteiger partial charge in [-0.25, -0.2) is 5.84 Å². The van der Waals surface area contributed by atoms with E-state index < -0.39 is 0 Å². The monoisotopic (exact) mass is 232 g/mol. The molecule has 3 N–H and O–H groups in total. The molecule has 1 saturated carbocycles. The smallest absolute Gasteiger partial charge is 0.241 e. The number of carbonyl (C=O) groups is 1. The van der Waals surface area contributed by atoms with Gasteiger partial charge in [0, 0.05) is 0 Å². The standard InChI is InChI=1S/C14H20N2O/c1-10-6-2-5-9-12(10)13(14(17)16-15)11-7-3-4-8-11/h2,5-6,9,11,13H,3-4,7-8,15H2,1H3,(H,16,17). The van der Waals surface area contributed by atoms with Crippen LogP contribution in [0.3, 0.4) is 0 Å². The number of nitrogens with one attached hydrogen (secondary N) is 1. The number of nitrogens with two attached hydrogens (primary N) is 1. The summed E-state index contributed by atoms with van der Waals surface area (Å²) in [5.74, 6) is 5.64. The molecule has 1 amide bonds. The first kappa shape index (κ1) is 12.1. The fraction of sp³-hybridized carbons (Fsp3) is 0.500. The van der Waals surface area contributed by atoms with Crippen LogP contribution in [-0.2, 0) is 4.79 Å². The van der Waals surface area contributed by atoms with Crippen molar-refractivity contribution in [3.8, 4) is 0 Å². The van der Waals surface area contributed by atoms with E-state index in [2.05, 4.69) is 18.4 Å². The quantitative estimate of drug-likeness (QED) is 0.477. The molecule has 1 atom stereocenters. The molecular weight excluding hydrogens is 212 g/mol. The molecule has 1 aromatic carbocycles. The second kappa shape index (κ2) is 5.32. The summed E-state index contributed by atoms with van der Waals surface area (Å²) in [6.45, 7) is 2.06. The minimum Gasteiger partial charge on any atom is -0.294 e. The number of benzene rings is 1. The Morgan fingerprint density at radius 1 is 1.35 bits per heavy atom. The molecule has 0 spiro atoms. The first-order chi connectivity index (χ1) is 8.24. The summed E-state index contributed by atoms with van der Waals surface area (Å²) in [7, 11) is 0. The lowest BCUT2D eigenvalue weighted by Crippen LogP contribution is -2.37. The molecular formula is C14H20N2O. The van der Waals surface area contributed by atoms with E-state index in [9.17, 15) is 4.79 Å². The average Bonchev–Trinajstić information content (AvgIpc) is 2.85. The zero-order valence-electron chi connectivity index (χ0n) is 10.3. The van der Waals surface area contributed by atoms with Gasteiger partial charge >= 0.3 is 0 Å². The third-order valence-electron chi connectivity index (χ3n) is 3.82. The van der Waals surface area contributed by atoms with Crippen LogP contribution in [0.1, 0.15) is 42.7 Å². The van der Waals surface area contributed by atoms with Crippen molar-refractivity contribution in [3.05, 3.63) is 35.4 Å². The van der Waals surface area contributed by atoms with Gasteiger partial charge in [-0.1, -0.05) is 37.1 Å². The summed E-state index contributed by atoms with van der Waals surface area (Å²) in [5.41, 5.74) is 4.63. The van der Waals surface area contributed by atoms with Gasteiger partial charge in [0.2, 0.25) is 5.91 Å². The number of rotatable bonds is 3. The molecule has 1 aliphatic carbocycles. The van der Waals surface area contributed by atoms with Gasteiger partial charge in [-0.15, -0.1) is 0 Å². The minimum absolute atomic E-state index is 0.0498. The first-order valence-electron chi connectivity index (χ1n) is 6.30. The largest absolute Gasteiger partial charge is 0.294 e. The second-order valence-corrected chi connectivity index (χ2v) is 4.89. The lowest BCUT2D eigenvalue weighted by Gasteiger charge is -2.23. The summed E-state index contributed by atoms with van der Waals surface area (Å²) in [6.07, 6.45) is 4.72. The van der Waals surface area contributed by atoms with Gasteiger partial charge in [0.05, 0.1) is 5.92 Å². The number of hydrogen-bond acceptors (Lipinski definition) is 2. The molecule has 1 aromatic rings. The van der Waals surface area contributed by atoms with Gasteiger partial charge in [-0.05, 0) is 36.8 Å². The first-order valence-corrected chi connectivity index (χ1v) is 6.30. The van der Waals surface area contributed by atoms with Crippen molar-refractivity contribution in [2.45, 2.75) is 38.5 Å². The molecule has 17 heavy (non-hydrogen) atoms. The van der Waals surface area contributed by atoms with Gasteiger partial charge in [0.25, 0.3) is 0 Å². The van der Waals surface area contributed by atoms with Crippen molar-refractivity contribution in [2.24, 2.45) is 11.8 Å². The molecule has 1 unspecified atom stereocenters. The van der Waals surface area contributed by atoms with Crippen molar-refractivity contribution in [2.75, 3.05) is 0 Å². The van der Waals surface area contributed by atoms with Crippen LogP contribution in [0.25, 0.3) is 0 Å². The van der Waals surface area contributed by atoms with Crippen molar-refractivity contribution in [1.82, 2.24) is 5.43 Å². The molecule has 1 fully saturated rings. The number of amides is 1. The van der Waals surface area contributed by atoms with Gasteiger partial charge in [0.1, 0.15) is 0 Å². The van der Waals surface area contributed by atoms with Crippen LogP contribution in [0, 0.1) is 12.8 Å². The molecule has 2 rings (SSSR count). The van der Waals surface area contributed by atoms with Crippen molar-refractivity contribution >= 4 is 5.91 Å².